The molecule has 0 bridgehead atoms. The topological polar surface area (TPSA) is 48.1 Å². The third kappa shape index (κ3) is 5.11. The Hall–Kier alpha value is -1.86. The van der Waals surface area contributed by atoms with E-state index in [9.17, 15) is 9.18 Å². The molecule has 3 rings (SSSR count). The van der Waals surface area contributed by atoms with Crippen LogP contribution < -0.4 is 10.2 Å². The van der Waals surface area contributed by atoms with Crippen molar-refractivity contribution >= 4 is 17.4 Å². The summed E-state index contributed by atoms with van der Waals surface area (Å²) in [6.45, 7) is 9.91. The third-order valence-electron chi connectivity index (χ3n) is 5.55. The molecular weight excluding hydrogens is 347 g/mol. The first-order chi connectivity index (χ1) is 12.9. The molecule has 0 radical (unpaired) electrons. The zero-order valence-electron chi connectivity index (χ0n) is 16.6. The Morgan fingerprint density at radius 3 is 2.67 bits per heavy atom. The summed E-state index contributed by atoms with van der Waals surface area (Å²) in [6.07, 6.45) is 1.13. The van der Waals surface area contributed by atoms with Gasteiger partial charge in [-0.1, -0.05) is 0 Å². The van der Waals surface area contributed by atoms with Gasteiger partial charge in [0.05, 0.1) is 12.3 Å². The molecule has 0 spiro atoms. The van der Waals surface area contributed by atoms with Gasteiger partial charge in [-0.25, -0.2) is 9.18 Å². The second-order valence-corrected chi connectivity index (χ2v) is 7.82. The number of amides is 2. The summed E-state index contributed by atoms with van der Waals surface area (Å²) in [5.41, 5.74) is 1.02. The van der Waals surface area contributed by atoms with Gasteiger partial charge in [-0.2, -0.15) is 0 Å². The van der Waals surface area contributed by atoms with Crippen molar-refractivity contribution in [1.82, 2.24) is 9.80 Å². The molecule has 0 saturated carbocycles. The molecule has 1 atom stereocenters. The summed E-state index contributed by atoms with van der Waals surface area (Å²) >= 11 is 0. The van der Waals surface area contributed by atoms with Crippen molar-refractivity contribution in [2.75, 3.05) is 63.2 Å². The van der Waals surface area contributed by atoms with Crippen LogP contribution in [0.1, 0.15) is 20.3 Å². The minimum atomic E-state index is -0.326. The SMILES string of the molecule is CC(C)N(C)c1ccc(NC(=O)N2CCN(CC3CCOC3)CC2)cc1F. The fourth-order valence-electron chi connectivity index (χ4n) is 3.58. The highest BCUT2D eigenvalue weighted by atomic mass is 19.1. The van der Waals surface area contributed by atoms with Gasteiger partial charge >= 0.3 is 6.03 Å². The van der Waals surface area contributed by atoms with E-state index >= 15 is 0 Å². The molecule has 2 fully saturated rings. The molecule has 150 valence electrons. The molecule has 6 nitrogen and oxygen atoms in total. The maximum absolute atomic E-state index is 14.4. The standard InChI is InChI=1S/C20H31FN4O2/c1-15(2)23(3)19-5-4-17(12-18(19)21)22-20(26)25-9-7-24(8-10-25)13-16-6-11-27-14-16/h4-5,12,15-16H,6-11,13-14H2,1-3H3,(H,22,26). The number of benzene rings is 1. The lowest BCUT2D eigenvalue weighted by Crippen LogP contribution is -2.51. The van der Waals surface area contributed by atoms with Gasteiger partial charge in [0.15, 0.2) is 0 Å². The molecule has 2 heterocycles. The Labute approximate surface area is 161 Å². The Kier molecular flexibility index (Phi) is 6.55. The average molecular weight is 378 g/mol. The largest absolute Gasteiger partial charge is 0.381 e. The Morgan fingerprint density at radius 2 is 2.07 bits per heavy atom. The van der Waals surface area contributed by atoms with Crippen LogP contribution in [0.25, 0.3) is 0 Å². The van der Waals surface area contributed by atoms with Crippen molar-refractivity contribution in [2.45, 2.75) is 26.3 Å². The second-order valence-electron chi connectivity index (χ2n) is 7.82. The van der Waals surface area contributed by atoms with Crippen molar-refractivity contribution in [1.29, 1.82) is 0 Å². The normalized spacial score (nSPS) is 20.9. The lowest BCUT2D eigenvalue weighted by molar-refractivity contribution is 0.124. The van der Waals surface area contributed by atoms with E-state index in [1.54, 1.807) is 17.0 Å². The molecule has 1 aromatic rings. The van der Waals surface area contributed by atoms with Crippen LogP contribution in [0.15, 0.2) is 18.2 Å². The van der Waals surface area contributed by atoms with Gasteiger partial charge in [0, 0.05) is 58.1 Å². The van der Waals surface area contributed by atoms with Gasteiger partial charge in [-0.05, 0) is 44.4 Å². The fourth-order valence-corrected chi connectivity index (χ4v) is 3.58. The maximum Gasteiger partial charge on any atom is 0.321 e. The van der Waals surface area contributed by atoms with Crippen molar-refractivity contribution in [3.63, 3.8) is 0 Å². The number of ether oxygens (including phenoxy) is 1. The number of piperazine rings is 1. The number of hydrogen-bond donors (Lipinski definition) is 1. The first-order valence-electron chi connectivity index (χ1n) is 9.82. The number of nitrogens with zero attached hydrogens (tertiary/aromatic N) is 3. The molecule has 1 unspecified atom stereocenters. The van der Waals surface area contributed by atoms with E-state index in [2.05, 4.69) is 10.2 Å². The van der Waals surface area contributed by atoms with E-state index in [1.165, 1.54) is 6.07 Å². The van der Waals surface area contributed by atoms with Crippen LogP contribution in [-0.2, 0) is 4.74 Å². The number of urea groups is 1. The molecular formula is C20H31FN4O2. The van der Waals surface area contributed by atoms with Gasteiger partial charge < -0.3 is 19.9 Å². The van der Waals surface area contributed by atoms with Crippen molar-refractivity contribution < 1.29 is 13.9 Å². The highest BCUT2D eigenvalue weighted by Crippen LogP contribution is 2.24. The number of rotatable bonds is 5. The molecule has 1 N–H and O–H groups in total. The number of nitrogens with one attached hydrogen (secondary N) is 1. The molecule has 0 aliphatic carbocycles. The van der Waals surface area contributed by atoms with Gasteiger partial charge in [0.2, 0.25) is 0 Å². The molecule has 2 aliphatic heterocycles. The maximum atomic E-state index is 14.4. The van der Waals surface area contributed by atoms with Crippen LogP contribution in [0.3, 0.4) is 0 Å². The minimum absolute atomic E-state index is 0.164. The highest BCUT2D eigenvalue weighted by Gasteiger charge is 2.25. The van der Waals surface area contributed by atoms with Crippen molar-refractivity contribution in [3.8, 4) is 0 Å². The number of anilines is 2. The number of halogens is 1. The van der Waals surface area contributed by atoms with E-state index in [1.807, 2.05) is 25.8 Å². The van der Waals surface area contributed by atoms with E-state index < -0.39 is 0 Å². The predicted molar refractivity (Wildman–Crippen MR) is 106 cm³/mol. The van der Waals surface area contributed by atoms with Crippen molar-refractivity contribution in [3.05, 3.63) is 24.0 Å². The zero-order valence-corrected chi connectivity index (χ0v) is 16.6. The predicted octanol–water partition coefficient (Wildman–Crippen LogP) is 2.86. The third-order valence-corrected chi connectivity index (χ3v) is 5.55. The quantitative estimate of drug-likeness (QED) is 0.856. The van der Waals surface area contributed by atoms with E-state index in [0.717, 1.165) is 39.3 Å². The van der Waals surface area contributed by atoms with Crippen LogP contribution in [0, 0.1) is 11.7 Å². The Balaban J connectivity index is 1.50. The molecule has 1 aromatic carbocycles. The van der Waals surface area contributed by atoms with Gasteiger partial charge in [-0.3, -0.25) is 4.90 Å². The first kappa shape index (κ1) is 19.9. The summed E-state index contributed by atoms with van der Waals surface area (Å²) in [7, 11) is 1.86. The number of carbonyl (C=O) groups excluding carboxylic acids is 1. The van der Waals surface area contributed by atoms with Gasteiger partial charge in [-0.15, -0.1) is 0 Å². The summed E-state index contributed by atoms with van der Waals surface area (Å²) in [4.78, 5) is 18.6. The van der Waals surface area contributed by atoms with E-state index in [0.29, 0.717) is 30.4 Å². The van der Waals surface area contributed by atoms with Crippen LogP contribution >= 0.6 is 0 Å². The number of hydrogen-bond acceptors (Lipinski definition) is 4. The summed E-state index contributed by atoms with van der Waals surface area (Å²) in [6, 6.07) is 4.90. The van der Waals surface area contributed by atoms with Gasteiger partial charge in [0.25, 0.3) is 0 Å². The molecule has 2 aliphatic rings. The molecule has 2 amide bonds. The van der Waals surface area contributed by atoms with Crippen molar-refractivity contribution in [2.24, 2.45) is 5.92 Å². The van der Waals surface area contributed by atoms with Crippen LogP contribution in [0.5, 0.6) is 0 Å². The van der Waals surface area contributed by atoms with Gasteiger partial charge in [0.1, 0.15) is 5.82 Å². The van der Waals surface area contributed by atoms with E-state index in [4.69, 9.17) is 4.74 Å². The van der Waals surface area contributed by atoms with Crippen LogP contribution in [0.4, 0.5) is 20.6 Å². The minimum Gasteiger partial charge on any atom is -0.381 e. The summed E-state index contributed by atoms with van der Waals surface area (Å²) < 4.78 is 19.8. The monoisotopic (exact) mass is 378 g/mol. The molecule has 7 heteroatoms. The van der Waals surface area contributed by atoms with Crippen LogP contribution in [0.2, 0.25) is 0 Å². The summed E-state index contributed by atoms with van der Waals surface area (Å²) in [5, 5.41) is 2.83. The van der Waals surface area contributed by atoms with Crippen LogP contribution in [-0.4, -0.2) is 74.9 Å². The Morgan fingerprint density at radius 1 is 1.33 bits per heavy atom. The molecule has 2 saturated heterocycles. The smallest absolute Gasteiger partial charge is 0.321 e. The first-order valence-corrected chi connectivity index (χ1v) is 9.82. The second kappa shape index (κ2) is 8.89. The lowest BCUT2D eigenvalue weighted by atomic mass is 10.1. The molecule has 0 aromatic heterocycles. The molecule has 27 heavy (non-hydrogen) atoms. The summed E-state index contributed by atoms with van der Waals surface area (Å²) in [5.74, 6) is 0.295. The number of carbonyl (C=O) groups is 1. The Bertz CT molecular complexity index is 641. The fraction of sp³-hybridized carbons (Fsp3) is 0.650. The highest BCUT2D eigenvalue weighted by molar-refractivity contribution is 5.89. The zero-order chi connectivity index (χ0) is 19.4. The average Bonchev–Trinajstić information content (AvgIpc) is 3.15. The lowest BCUT2D eigenvalue weighted by Gasteiger charge is -2.35. The van der Waals surface area contributed by atoms with E-state index in [-0.39, 0.29) is 17.9 Å².